The minimum absolute atomic E-state index is 0.228. The Kier molecular flexibility index (Phi) is 2.81. The summed E-state index contributed by atoms with van der Waals surface area (Å²) in [5.41, 5.74) is 1.18. The molecular formula is C13H9FN2O3S. The van der Waals surface area contributed by atoms with E-state index in [4.69, 9.17) is 0 Å². The Morgan fingerprint density at radius 2 is 1.90 bits per heavy atom. The molecule has 20 heavy (non-hydrogen) atoms. The van der Waals surface area contributed by atoms with Gasteiger partial charge >= 0.3 is 0 Å². The first-order valence-electron chi connectivity index (χ1n) is 5.67. The number of halogens is 1. The summed E-state index contributed by atoms with van der Waals surface area (Å²) >= 11 is 0. The zero-order valence-corrected chi connectivity index (χ0v) is 10.9. The highest BCUT2D eigenvalue weighted by Gasteiger charge is 2.18. The Morgan fingerprint density at radius 1 is 1.15 bits per heavy atom. The van der Waals surface area contributed by atoms with Crippen LogP contribution in [0.15, 0.2) is 47.4 Å². The Labute approximate surface area is 113 Å². The van der Waals surface area contributed by atoms with Crippen LogP contribution in [0.5, 0.6) is 0 Å². The van der Waals surface area contributed by atoms with Crippen molar-refractivity contribution in [3.63, 3.8) is 0 Å². The molecule has 0 spiro atoms. The molecule has 0 amide bonds. The summed E-state index contributed by atoms with van der Waals surface area (Å²) < 4.78 is 45.1. The Hall–Kier alpha value is -2.25. The van der Waals surface area contributed by atoms with Crippen molar-refractivity contribution in [1.29, 1.82) is 0 Å². The minimum Gasteiger partial charge on any atom is -0.338 e. The molecule has 1 heterocycles. The number of benzene rings is 2. The molecule has 2 N–H and O–H groups in total. The first kappa shape index (κ1) is 12.8. The van der Waals surface area contributed by atoms with E-state index in [2.05, 4.69) is 9.97 Å². The third kappa shape index (κ3) is 2.17. The van der Waals surface area contributed by atoms with Gasteiger partial charge in [-0.25, -0.2) is 9.37 Å². The molecular weight excluding hydrogens is 283 g/mol. The van der Waals surface area contributed by atoms with E-state index < -0.39 is 15.9 Å². The zero-order chi connectivity index (χ0) is 14.3. The summed E-state index contributed by atoms with van der Waals surface area (Å²) in [6, 6.07) is 9.92. The lowest BCUT2D eigenvalue weighted by Gasteiger charge is -2.03. The third-order valence-electron chi connectivity index (χ3n) is 2.86. The van der Waals surface area contributed by atoms with E-state index in [0.29, 0.717) is 11.0 Å². The number of nitrogens with zero attached hydrogens (tertiary/aromatic N) is 1. The fraction of sp³-hybridized carbons (Fsp3) is 0. The summed E-state index contributed by atoms with van der Waals surface area (Å²) in [5.74, 6) is -0.172. The van der Waals surface area contributed by atoms with E-state index in [1.54, 1.807) is 6.07 Å². The van der Waals surface area contributed by atoms with Gasteiger partial charge in [-0.3, -0.25) is 4.55 Å². The van der Waals surface area contributed by atoms with Gasteiger partial charge in [-0.15, -0.1) is 0 Å². The van der Waals surface area contributed by atoms with Gasteiger partial charge in [0.25, 0.3) is 10.1 Å². The lowest BCUT2D eigenvalue weighted by molar-refractivity contribution is 0.483. The molecule has 0 saturated carbocycles. The van der Waals surface area contributed by atoms with Gasteiger partial charge in [0.15, 0.2) is 0 Å². The van der Waals surface area contributed by atoms with E-state index in [1.165, 1.54) is 36.4 Å². The summed E-state index contributed by atoms with van der Waals surface area (Å²) in [6.45, 7) is 0. The Balaban J connectivity index is 2.26. The standard InChI is InChI=1S/C13H9FN2O3S/c14-8-5-6-10-11(7-8)16-13(15-10)9-3-1-2-4-12(9)20(17,18)19/h1-7H,(H,15,16)(H,17,18,19). The second-order valence-electron chi connectivity index (χ2n) is 4.22. The monoisotopic (exact) mass is 292 g/mol. The molecule has 7 heteroatoms. The van der Waals surface area contributed by atoms with Crippen molar-refractivity contribution < 1.29 is 17.4 Å². The summed E-state index contributed by atoms with van der Waals surface area (Å²) in [7, 11) is -4.36. The molecule has 3 rings (SSSR count). The highest BCUT2D eigenvalue weighted by molar-refractivity contribution is 7.86. The van der Waals surface area contributed by atoms with Crippen LogP contribution in [-0.2, 0) is 10.1 Å². The van der Waals surface area contributed by atoms with Crippen molar-refractivity contribution in [1.82, 2.24) is 9.97 Å². The predicted molar refractivity (Wildman–Crippen MR) is 71.3 cm³/mol. The normalized spacial score (nSPS) is 11.9. The van der Waals surface area contributed by atoms with Gasteiger partial charge in [0.1, 0.15) is 16.5 Å². The van der Waals surface area contributed by atoms with Crippen molar-refractivity contribution in [2.45, 2.75) is 4.90 Å². The SMILES string of the molecule is O=S(=O)(O)c1ccccc1-c1nc2ccc(F)cc2[nH]1. The molecule has 0 fully saturated rings. The highest BCUT2D eigenvalue weighted by atomic mass is 32.2. The van der Waals surface area contributed by atoms with Crippen LogP contribution in [0.25, 0.3) is 22.4 Å². The van der Waals surface area contributed by atoms with Crippen LogP contribution in [-0.4, -0.2) is 22.9 Å². The van der Waals surface area contributed by atoms with Crippen molar-refractivity contribution in [3.05, 3.63) is 48.3 Å². The molecule has 0 aliphatic rings. The fourth-order valence-electron chi connectivity index (χ4n) is 2.00. The molecule has 5 nitrogen and oxygen atoms in total. The van der Waals surface area contributed by atoms with Crippen LogP contribution in [0, 0.1) is 5.82 Å². The average Bonchev–Trinajstić information content (AvgIpc) is 2.80. The molecule has 0 atom stereocenters. The molecule has 3 aromatic rings. The van der Waals surface area contributed by atoms with E-state index in [1.807, 2.05) is 0 Å². The number of imidazole rings is 1. The maximum absolute atomic E-state index is 13.1. The third-order valence-corrected chi connectivity index (χ3v) is 3.78. The topological polar surface area (TPSA) is 83.1 Å². The minimum atomic E-state index is -4.36. The second-order valence-corrected chi connectivity index (χ2v) is 5.61. The molecule has 0 aliphatic carbocycles. The quantitative estimate of drug-likeness (QED) is 0.711. The van der Waals surface area contributed by atoms with Crippen LogP contribution in [0.1, 0.15) is 0 Å². The molecule has 0 unspecified atom stereocenters. The number of aromatic amines is 1. The number of fused-ring (bicyclic) bond motifs is 1. The number of aromatic nitrogens is 2. The van der Waals surface area contributed by atoms with Gasteiger partial charge in [0.05, 0.1) is 11.0 Å². The van der Waals surface area contributed by atoms with Gasteiger partial charge in [-0.05, 0) is 30.3 Å². The van der Waals surface area contributed by atoms with Crippen LogP contribution in [0.3, 0.4) is 0 Å². The van der Waals surface area contributed by atoms with Gasteiger partial charge in [-0.2, -0.15) is 8.42 Å². The second kappa shape index (κ2) is 4.39. The lowest BCUT2D eigenvalue weighted by atomic mass is 10.2. The Morgan fingerprint density at radius 3 is 2.65 bits per heavy atom. The highest BCUT2D eigenvalue weighted by Crippen LogP contribution is 2.27. The van der Waals surface area contributed by atoms with Gasteiger partial charge < -0.3 is 4.98 Å². The van der Waals surface area contributed by atoms with Crippen molar-refractivity contribution >= 4 is 21.2 Å². The number of hydrogen-bond acceptors (Lipinski definition) is 3. The first-order chi connectivity index (χ1) is 9.45. The molecule has 1 aromatic heterocycles. The molecule has 0 saturated heterocycles. The number of nitrogens with one attached hydrogen (secondary N) is 1. The Bertz CT molecular complexity index is 903. The van der Waals surface area contributed by atoms with Crippen molar-refractivity contribution in [2.75, 3.05) is 0 Å². The molecule has 0 bridgehead atoms. The molecule has 0 radical (unpaired) electrons. The predicted octanol–water partition coefficient (Wildman–Crippen LogP) is 2.62. The largest absolute Gasteiger partial charge is 0.338 e. The number of H-pyrrole nitrogens is 1. The number of rotatable bonds is 2. The van der Waals surface area contributed by atoms with E-state index >= 15 is 0 Å². The summed E-state index contributed by atoms with van der Waals surface area (Å²) in [4.78, 5) is 6.79. The van der Waals surface area contributed by atoms with Gasteiger partial charge in [0.2, 0.25) is 0 Å². The van der Waals surface area contributed by atoms with Crippen molar-refractivity contribution in [3.8, 4) is 11.4 Å². The summed E-state index contributed by atoms with van der Waals surface area (Å²) in [5, 5.41) is 0. The van der Waals surface area contributed by atoms with Gasteiger partial charge in [-0.1, -0.05) is 12.1 Å². The van der Waals surface area contributed by atoms with Crippen molar-refractivity contribution in [2.24, 2.45) is 0 Å². The van der Waals surface area contributed by atoms with Crippen LogP contribution in [0.4, 0.5) is 4.39 Å². The maximum atomic E-state index is 13.1. The molecule has 102 valence electrons. The van der Waals surface area contributed by atoms with E-state index in [-0.39, 0.29) is 16.3 Å². The van der Waals surface area contributed by atoms with Gasteiger partial charge in [0, 0.05) is 5.56 Å². The van der Waals surface area contributed by atoms with E-state index in [9.17, 15) is 17.4 Å². The fourth-order valence-corrected chi connectivity index (χ4v) is 2.69. The van der Waals surface area contributed by atoms with E-state index in [0.717, 1.165) is 0 Å². The smallest absolute Gasteiger partial charge is 0.295 e. The van der Waals surface area contributed by atoms with Crippen LogP contribution < -0.4 is 0 Å². The van der Waals surface area contributed by atoms with Crippen LogP contribution in [0.2, 0.25) is 0 Å². The maximum Gasteiger partial charge on any atom is 0.295 e. The lowest BCUT2D eigenvalue weighted by Crippen LogP contribution is -2.01. The van der Waals surface area contributed by atoms with Crippen LogP contribution >= 0.6 is 0 Å². The summed E-state index contributed by atoms with van der Waals surface area (Å²) in [6.07, 6.45) is 0. The average molecular weight is 292 g/mol. The number of hydrogen-bond donors (Lipinski definition) is 2. The first-order valence-corrected chi connectivity index (χ1v) is 7.11. The molecule has 2 aromatic carbocycles. The zero-order valence-electron chi connectivity index (χ0n) is 10.0. The molecule has 0 aliphatic heterocycles.